The van der Waals surface area contributed by atoms with Crippen molar-refractivity contribution in [3.8, 4) is 0 Å². The summed E-state index contributed by atoms with van der Waals surface area (Å²) in [5, 5.41) is 1.97. The topological polar surface area (TPSA) is 34.1 Å². The molecular formula is C30H32Cl2O2S. The lowest BCUT2D eigenvalue weighted by Gasteiger charge is -2.22. The maximum absolute atomic E-state index is 13.5. The Kier molecular flexibility index (Phi) is 9.33. The van der Waals surface area contributed by atoms with Crippen molar-refractivity contribution in [2.24, 2.45) is 0 Å². The minimum atomic E-state index is -0.238. The van der Waals surface area contributed by atoms with Gasteiger partial charge in [0.2, 0.25) is 0 Å². The van der Waals surface area contributed by atoms with E-state index in [0.717, 1.165) is 17.1 Å². The largest absolute Gasteiger partial charge is 0.289 e. The minimum Gasteiger partial charge on any atom is -0.289 e. The summed E-state index contributed by atoms with van der Waals surface area (Å²) < 4.78 is 0. The zero-order valence-corrected chi connectivity index (χ0v) is 22.6. The second-order valence-corrected chi connectivity index (χ2v) is 11.2. The molecule has 0 saturated carbocycles. The average molecular weight is 528 g/mol. The average Bonchev–Trinajstić information content (AvgIpc) is 2.88. The molecule has 0 atom stereocenters. The van der Waals surface area contributed by atoms with Gasteiger partial charge < -0.3 is 0 Å². The molecule has 0 heterocycles. The van der Waals surface area contributed by atoms with E-state index in [1.54, 1.807) is 17.8 Å². The maximum atomic E-state index is 13.5. The fourth-order valence-corrected chi connectivity index (χ4v) is 6.47. The normalized spacial score (nSPS) is 12.8. The lowest BCUT2D eigenvalue weighted by Crippen LogP contribution is -2.22. The fourth-order valence-electron chi connectivity index (χ4n) is 4.83. The Hall–Kier alpha value is -1.81. The first kappa shape index (κ1) is 26.3. The Bertz CT molecular complexity index is 1230. The van der Waals surface area contributed by atoms with E-state index in [4.69, 9.17) is 23.2 Å². The summed E-state index contributed by atoms with van der Waals surface area (Å²) in [6.45, 7) is 2.26. The molecule has 0 unspecified atom stereocenters. The molecule has 0 spiro atoms. The van der Waals surface area contributed by atoms with Gasteiger partial charge in [-0.1, -0.05) is 112 Å². The van der Waals surface area contributed by atoms with Gasteiger partial charge in [-0.25, -0.2) is 0 Å². The summed E-state index contributed by atoms with van der Waals surface area (Å²) in [5.41, 5.74) is 1.27. The van der Waals surface area contributed by atoms with Crippen LogP contribution in [0.1, 0.15) is 103 Å². The van der Waals surface area contributed by atoms with Crippen LogP contribution < -0.4 is 0 Å². The quantitative estimate of drug-likeness (QED) is 0.136. The van der Waals surface area contributed by atoms with Crippen LogP contribution in [0.2, 0.25) is 10.0 Å². The molecule has 0 fully saturated rings. The van der Waals surface area contributed by atoms with Crippen LogP contribution in [0, 0.1) is 0 Å². The summed E-state index contributed by atoms with van der Waals surface area (Å²) in [7, 11) is 0. The molecule has 35 heavy (non-hydrogen) atoms. The summed E-state index contributed by atoms with van der Waals surface area (Å²) >= 11 is 15.0. The van der Waals surface area contributed by atoms with Crippen LogP contribution in [0.15, 0.2) is 47.4 Å². The monoisotopic (exact) mass is 526 g/mol. The molecule has 0 aromatic heterocycles. The van der Waals surface area contributed by atoms with Gasteiger partial charge in [-0.3, -0.25) is 9.59 Å². The second-order valence-electron chi connectivity index (χ2n) is 9.32. The van der Waals surface area contributed by atoms with E-state index in [-0.39, 0.29) is 22.7 Å². The highest BCUT2D eigenvalue weighted by molar-refractivity contribution is 7.99. The van der Waals surface area contributed by atoms with E-state index in [1.807, 2.05) is 36.4 Å². The van der Waals surface area contributed by atoms with Crippen LogP contribution in [0.3, 0.4) is 0 Å². The zero-order chi connectivity index (χ0) is 24.8. The van der Waals surface area contributed by atoms with Gasteiger partial charge >= 0.3 is 0 Å². The van der Waals surface area contributed by atoms with E-state index < -0.39 is 0 Å². The SMILES string of the molecule is CCCCCCCCCCCCSc1ccc2c(c1)C(=O)c1c(c(Cl)c3ccccc3c1Cl)C2=O. The third kappa shape index (κ3) is 5.79. The first-order valence-electron chi connectivity index (χ1n) is 12.8. The molecule has 1 aliphatic carbocycles. The van der Waals surface area contributed by atoms with Gasteiger partial charge in [-0.15, -0.1) is 11.8 Å². The summed E-state index contributed by atoms with van der Waals surface area (Å²) in [5.74, 6) is 0.540. The van der Waals surface area contributed by atoms with E-state index in [9.17, 15) is 9.59 Å². The lowest BCUT2D eigenvalue weighted by atomic mass is 9.82. The van der Waals surface area contributed by atoms with Crippen molar-refractivity contribution in [3.05, 3.63) is 74.8 Å². The number of benzene rings is 3. The number of carbonyl (C=O) groups excluding carboxylic acids is 2. The smallest absolute Gasteiger partial charge is 0.196 e. The Morgan fingerprint density at radius 1 is 0.657 bits per heavy atom. The molecule has 3 aromatic carbocycles. The number of hydrogen-bond acceptors (Lipinski definition) is 3. The number of ketones is 2. The molecule has 3 aromatic rings. The predicted molar refractivity (Wildman–Crippen MR) is 150 cm³/mol. The fraction of sp³-hybridized carbons (Fsp3) is 0.400. The molecule has 4 rings (SSSR count). The van der Waals surface area contributed by atoms with Gasteiger partial charge in [0.05, 0.1) is 21.2 Å². The first-order valence-corrected chi connectivity index (χ1v) is 14.5. The van der Waals surface area contributed by atoms with Crippen LogP contribution in [-0.2, 0) is 0 Å². The van der Waals surface area contributed by atoms with Gasteiger partial charge in [0, 0.05) is 26.8 Å². The summed E-state index contributed by atoms with van der Waals surface area (Å²) in [6.07, 6.45) is 13.1. The second kappa shape index (κ2) is 12.4. The zero-order valence-electron chi connectivity index (χ0n) is 20.3. The number of carbonyl (C=O) groups is 2. The number of rotatable bonds is 12. The van der Waals surface area contributed by atoms with E-state index >= 15 is 0 Å². The number of fused-ring (bicyclic) bond motifs is 3. The molecule has 0 aliphatic heterocycles. The number of halogens is 2. The lowest BCUT2D eigenvalue weighted by molar-refractivity contribution is 0.0979. The van der Waals surface area contributed by atoms with Crippen molar-refractivity contribution in [3.63, 3.8) is 0 Å². The Morgan fingerprint density at radius 3 is 1.74 bits per heavy atom. The molecule has 0 N–H and O–H groups in total. The predicted octanol–water partition coefficient (Wildman–Crippen LogP) is 9.93. The minimum absolute atomic E-state index is 0.221. The highest BCUT2D eigenvalue weighted by Gasteiger charge is 2.35. The number of hydrogen-bond donors (Lipinski definition) is 0. The van der Waals surface area contributed by atoms with Gasteiger partial charge in [0.1, 0.15) is 0 Å². The van der Waals surface area contributed by atoms with Gasteiger partial charge in [-0.2, -0.15) is 0 Å². The van der Waals surface area contributed by atoms with E-state index in [0.29, 0.717) is 31.9 Å². The Labute approximate surface area is 222 Å². The number of unbranched alkanes of at least 4 members (excludes halogenated alkanes) is 9. The highest BCUT2D eigenvalue weighted by atomic mass is 35.5. The summed E-state index contributed by atoms with van der Waals surface area (Å²) in [4.78, 5) is 27.8. The Balaban J connectivity index is 1.37. The molecular weight excluding hydrogens is 495 g/mol. The van der Waals surface area contributed by atoms with Crippen molar-refractivity contribution < 1.29 is 9.59 Å². The first-order chi connectivity index (χ1) is 17.0. The van der Waals surface area contributed by atoms with Crippen LogP contribution in [0.5, 0.6) is 0 Å². The van der Waals surface area contributed by atoms with Crippen molar-refractivity contribution in [2.45, 2.75) is 76.0 Å². The molecule has 5 heteroatoms. The van der Waals surface area contributed by atoms with Crippen molar-refractivity contribution >= 4 is 57.3 Å². The van der Waals surface area contributed by atoms with Crippen molar-refractivity contribution in [1.29, 1.82) is 0 Å². The molecule has 1 aliphatic rings. The molecule has 2 nitrogen and oxygen atoms in total. The van der Waals surface area contributed by atoms with Gasteiger partial charge in [0.15, 0.2) is 11.6 Å². The number of thioether (sulfide) groups is 1. The van der Waals surface area contributed by atoms with E-state index in [2.05, 4.69) is 6.92 Å². The van der Waals surface area contributed by atoms with Crippen LogP contribution >= 0.6 is 35.0 Å². The highest BCUT2D eigenvalue weighted by Crippen LogP contribution is 2.42. The molecule has 0 radical (unpaired) electrons. The molecule has 0 saturated heterocycles. The van der Waals surface area contributed by atoms with Crippen molar-refractivity contribution in [2.75, 3.05) is 5.75 Å². The maximum Gasteiger partial charge on any atom is 0.196 e. The van der Waals surface area contributed by atoms with Gasteiger partial charge in [-0.05, 0) is 30.4 Å². The molecule has 0 amide bonds. The van der Waals surface area contributed by atoms with Crippen LogP contribution in [-0.4, -0.2) is 17.3 Å². The van der Waals surface area contributed by atoms with Gasteiger partial charge in [0.25, 0.3) is 0 Å². The summed E-state index contributed by atoms with van der Waals surface area (Å²) in [6, 6.07) is 12.9. The van der Waals surface area contributed by atoms with E-state index in [1.165, 1.54) is 57.8 Å². The van der Waals surface area contributed by atoms with Crippen LogP contribution in [0.25, 0.3) is 10.8 Å². The molecule has 0 bridgehead atoms. The van der Waals surface area contributed by atoms with Crippen LogP contribution in [0.4, 0.5) is 0 Å². The molecule has 184 valence electrons. The third-order valence-corrected chi connectivity index (χ3v) is 8.66. The standard InChI is InChI=1S/C30H32Cl2O2S/c1-2-3-4-5-6-7-8-9-10-13-18-35-20-16-17-23-24(19-20)30(34)26-25(29(23)33)27(31)21-14-11-12-15-22(21)28(26)32/h11-12,14-17,19H,2-10,13,18H2,1H3. The third-order valence-electron chi connectivity index (χ3n) is 6.79. The Morgan fingerprint density at radius 2 is 1.17 bits per heavy atom. The van der Waals surface area contributed by atoms with Crippen molar-refractivity contribution in [1.82, 2.24) is 0 Å².